The van der Waals surface area contributed by atoms with Crippen LogP contribution in [0.25, 0.3) is 0 Å². The molecule has 0 unspecified atom stereocenters. The average molecular weight is 189 g/mol. The van der Waals surface area contributed by atoms with E-state index in [1.807, 2.05) is 24.3 Å². The van der Waals surface area contributed by atoms with Crippen molar-refractivity contribution in [2.45, 2.75) is 12.8 Å². The quantitative estimate of drug-likeness (QED) is 0.401. The van der Waals surface area contributed by atoms with Crippen LogP contribution in [0.15, 0.2) is 24.3 Å². The van der Waals surface area contributed by atoms with Crippen LogP contribution in [-0.2, 0) is 0 Å². The molecule has 2 rings (SSSR count). The average Bonchev–Trinajstić information content (AvgIpc) is 2.69. The number of rotatable bonds is 1. The largest absolute Gasteiger partial charge is 0.399 e. The van der Waals surface area contributed by atoms with E-state index in [1.54, 1.807) is 0 Å². The van der Waals surface area contributed by atoms with Crippen LogP contribution in [0.3, 0.4) is 0 Å². The van der Waals surface area contributed by atoms with Gasteiger partial charge in [0.25, 0.3) is 0 Å². The summed E-state index contributed by atoms with van der Waals surface area (Å²) in [6.45, 7) is 2.02. The molecule has 1 aromatic rings. The van der Waals surface area contributed by atoms with Gasteiger partial charge in [-0.1, -0.05) is 12.1 Å². The lowest BCUT2D eigenvalue weighted by Crippen LogP contribution is -2.27. The summed E-state index contributed by atoms with van der Waals surface area (Å²) in [6.07, 6.45) is 2.40. The van der Waals surface area contributed by atoms with E-state index in [0.717, 1.165) is 24.3 Å². The minimum absolute atomic E-state index is 0.606. The molecule has 1 aromatic carbocycles. The van der Waals surface area contributed by atoms with Crippen molar-refractivity contribution in [1.82, 2.24) is 4.90 Å². The first kappa shape index (κ1) is 9.06. The number of nitrogens with two attached hydrogens (primary N) is 1. The fraction of sp³-hybridized carbons (Fsp3) is 0.364. The highest BCUT2D eigenvalue weighted by Crippen LogP contribution is 2.14. The molecule has 0 aromatic heterocycles. The van der Waals surface area contributed by atoms with E-state index in [0.29, 0.717) is 5.84 Å². The molecule has 3 N–H and O–H groups in total. The number of nitrogen functional groups attached to an aromatic ring is 1. The summed E-state index contributed by atoms with van der Waals surface area (Å²) in [6, 6.07) is 7.55. The normalized spacial score (nSPS) is 15.9. The number of nitrogens with zero attached hydrogens (tertiary/aromatic N) is 1. The Bertz CT molecular complexity index is 340. The Hall–Kier alpha value is -1.51. The Balaban J connectivity index is 2.17. The number of hydrogen-bond donors (Lipinski definition) is 2. The molecule has 1 heterocycles. The Kier molecular flexibility index (Phi) is 2.39. The monoisotopic (exact) mass is 189 g/mol. The summed E-state index contributed by atoms with van der Waals surface area (Å²) in [5.41, 5.74) is 7.33. The van der Waals surface area contributed by atoms with Gasteiger partial charge >= 0.3 is 0 Å². The van der Waals surface area contributed by atoms with Gasteiger partial charge in [0.15, 0.2) is 0 Å². The second-order valence-electron chi connectivity index (χ2n) is 3.67. The van der Waals surface area contributed by atoms with E-state index >= 15 is 0 Å². The lowest BCUT2D eigenvalue weighted by atomic mass is 10.2. The van der Waals surface area contributed by atoms with Crippen molar-refractivity contribution >= 4 is 11.5 Å². The second kappa shape index (κ2) is 3.70. The molecule has 0 spiro atoms. The summed E-state index contributed by atoms with van der Waals surface area (Å²) < 4.78 is 0. The van der Waals surface area contributed by atoms with Gasteiger partial charge in [0.05, 0.1) is 0 Å². The van der Waals surface area contributed by atoms with Crippen molar-refractivity contribution in [1.29, 1.82) is 5.41 Å². The predicted molar refractivity (Wildman–Crippen MR) is 58.5 cm³/mol. The first-order valence-corrected chi connectivity index (χ1v) is 4.97. The minimum Gasteiger partial charge on any atom is -0.399 e. The maximum atomic E-state index is 7.99. The third-order valence-electron chi connectivity index (χ3n) is 2.58. The number of benzene rings is 1. The lowest BCUT2D eigenvalue weighted by Gasteiger charge is -2.18. The van der Waals surface area contributed by atoms with Gasteiger partial charge in [-0.2, -0.15) is 0 Å². The van der Waals surface area contributed by atoms with Gasteiger partial charge < -0.3 is 10.6 Å². The van der Waals surface area contributed by atoms with E-state index in [9.17, 15) is 0 Å². The molecule has 0 atom stereocenters. The van der Waals surface area contributed by atoms with Crippen molar-refractivity contribution < 1.29 is 0 Å². The Labute approximate surface area is 84.0 Å². The van der Waals surface area contributed by atoms with Crippen LogP contribution < -0.4 is 5.73 Å². The molecule has 0 radical (unpaired) electrons. The fourth-order valence-corrected chi connectivity index (χ4v) is 1.81. The third kappa shape index (κ3) is 1.71. The second-order valence-corrected chi connectivity index (χ2v) is 3.67. The molecule has 1 aliphatic rings. The number of nitrogens with one attached hydrogen (secondary N) is 1. The van der Waals surface area contributed by atoms with Crippen LogP contribution in [0.4, 0.5) is 5.69 Å². The molecule has 3 heteroatoms. The topological polar surface area (TPSA) is 53.1 Å². The molecule has 74 valence electrons. The van der Waals surface area contributed by atoms with Crippen molar-refractivity contribution in [3.63, 3.8) is 0 Å². The van der Waals surface area contributed by atoms with Gasteiger partial charge in [-0.25, -0.2) is 0 Å². The SMILES string of the molecule is N=C(c1cccc(N)c1)N1CCCC1. The van der Waals surface area contributed by atoms with Crippen LogP contribution in [0, 0.1) is 5.41 Å². The summed E-state index contributed by atoms with van der Waals surface area (Å²) in [7, 11) is 0. The summed E-state index contributed by atoms with van der Waals surface area (Å²) in [5.74, 6) is 0.606. The Morgan fingerprint density at radius 2 is 2.00 bits per heavy atom. The molecule has 14 heavy (non-hydrogen) atoms. The molecule has 0 bridgehead atoms. The fourth-order valence-electron chi connectivity index (χ4n) is 1.81. The van der Waals surface area contributed by atoms with E-state index < -0.39 is 0 Å². The summed E-state index contributed by atoms with van der Waals surface area (Å²) >= 11 is 0. The van der Waals surface area contributed by atoms with Crippen LogP contribution in [0.2, 0.25) is 0 Å². The van der Waals surface area contributed by atoms with Crippen molar-refractivity contribution in [3.05, 3.63) is 29.8 Å². The highest BCUT2D eigenvalue weighted by Gasteiger charge is 2.15. The lowest BCUT2D eigenvalue weighted by molar-refractivity contribution is 0.517. The zero-order chi connectivity index (χ0) is 9.97. The minimum atomic E-state index is 0.606. The third-order valence-corrected chi connectivity index (χ3v) is 2.58. The van der Waals surface area contributed by atoms with Crippen LogP contribution >= 0.6 is 0 Å². The molecule has 1 fully saturated rings. The zero-order valence-electron chi connectivity index (χ0n) is 8.16. The van der Waals surface area contributed by atoms with E-state index in [1.165, 1.54) is 12.8 Å². The summed E-state index contributed by atoms with van der Waals surface area (Å²) in [4.78, 5) is 2.11. The van der Waals surface area contributed by atoms with Gasteiger partial charge in [-0.15, -0.1) is 0 Å². The van der Waals surface area contributed by atoms with Crippen LogP contribution in [0.5, 0.6) is 0 Å². The van der Waals surface area contributed by atoms with Gasteiger partial charge in [0, 0.05) is 24.3 Å². The van der Waals surface area contributed by atoms with Gasteiger partial charge in [0.1, 0.15) is 5.84 Å². The van der Waals surface area contributed by atoms with Crippen molar-refractivity contribution in [3.8, 4) is 0 Å². The van der Waals surface area contributed by atoms with E-state index in [2.05, 4.69) is 4.90 Å². The molecule has 0 aliphatic carbocycles. The highest BCUT2D eigenvalue weighted by molar-refractivity contribution is 5.97. The zero-order valence-corrected chi connectivity index (χ0v) is 8.16. The first-order valence-electron chi connectivity index (χ1n) is 4.97. The molecule has 0 saturated carbocycles. The van der Waals surface area contributed by atoms with Crippen molar-refractivity contribution in [2.24, 2.45) is 0 Å². The van der Waals surface area contributed by atoms with E-state index in [-0.39, 0.29) is 0 Å². The summed E-state index contributed by atoms with van der Waals surface area (Å²) in [5, 5.41) is 7.99. The molecule has 3 nitrogen and oxygen atoms in total. The predicted octanol–water partition coefficient (Wildman–Crippen LogP) is 1.69. The number of amidine groups is 1. The number of anilines is 1. The Morgan fingerprint density at radius 3 is 2.64 bits per heavy atom. The highest BCUT2D eigenvalue weighted by atomic mass is 15.2. The van der Waals surface area contributed by atoms with Gasteiger partial charge in [0.2, 0.25) is 0 Å². The molecule has 1 aliphatic heterocycles. The van der Waals surface area contributed by atoms with Crippen LogP contribution in [-0.4, -0.2) is 23.8 Å². The number of likely N-dealkylation sites (tertiary alicyclic amines) is 1. The first-order chi connectivity index (χ1) is 6.77. The standard InChI is InChI=1S/C11H15N3/c12-10-5-3-4-9(8-10)11(13)14-6-1-2-7-14/h3-5,8,13H,1-2,6-7,12H2. The van der Waals surface area contributed by atoms with Crippen molar-refractivity contribution in [2.75, 3.05) is 18.8 Å². The Morgan fingerprint density at radius 1 is 1.29 bits per heavy atom. The number of hydrogen-bond acceptors (Lipinski definition) is 2. The maximum Gasteiger partial charge on any atom is 0.128 e. The molecular formula is C11H15N3. The molecule has 1 saturated heterocycles. The maximum absolute atomic E-state index is 7.99. The smallest absolute Gasteiger partial charge is 0.128 e. The van der Waals surface area contributed by atoms with Gasteiger partial charge in [-0.3, -0.25) is 5.41 Å². The van der Waals surface area contributed by atoms with Gasteiger partial charge in [-0.05, 0) is 25.0 Å². The van der Waals surface area contributed by atoms with Crippen LogP contribution in [0.1, 0.15) is 18.4 Å². The molecule has 0 amide bonds. The molecular weight excluding hydrogens is 174 g/mol. The van der Waals surface area contributed by atoms with E-state index in [4.69, 9.17) is 11.1 Å².